The maximum absolute atomic E-state index is 11.2. The fraction of sp³-hybridized carbons (Fsp3) is 0.889. The van der Waals surface area contributed by atoms with E-state index >= 15 is 0 Å². The molecule has 0 unspecified atom stereocenters. The zero-order valence-corrected chi connectivity index (χ0v) is 10.7. The van der Waals surface area contributed by atoms with Crippen molar-refractivity contribution in [2.75, 3.05) is 39.2 Å². The molecule has 0 aromatic carbocycles. The molecule has 7 nitrogen and oxygen atoms in total. The highest BCUT2D eigenvalue weighted by atomic mass is 32.2. The van der Waals surface area contributed by atoms with Crippen LogP contribution in [0.2, 0.25) is 0 Å². The van der Waals surface area contributed by atoms with Gasteiger partial charge >= 0.3 is 5.97 Å². The van der Waals surface area contributed by atoms with Crippen LogP contribution in [0, 0.1) is 0 Å². The van der Waals surface area contributed by atoms with E-state index in [2.05, 4.69) is 4.72 Å². The van der Waals surface area contributed by atoms with Gasteiger partial charge in [-0.3, -0.25) is 4.79 Å². The van der Waals surface area contributed by atoms with Gasteiger partial charge in [-0.2, -0.15) is 0 Å². The molecule has 8 heteroatoms. The lowest BCUT2D eigenvalue weighted by Gasteiger charge is -2.06. The van der Waals surface area contributed by atoms with Crippen molar-refractivity contribution in [3.05, 3.63) is 0 Å². The second-order valence-corrected chi connectivity index (χ2v) is 5.24. The van der Waals surface area contributed by atoms with E-state index in [0.29, 0.717) is 26.2 Å². The van der Waals surface area contributed by atoms with Gasteiger partial charge in [-0.25, -0.2) is 13.1 Å². The van der Waals surface area contributed by atoms with Crippen LogP contribution in [-0.4, -0.2) is 58.7 Å². The fourth-order valence-electron chi connectivity index (χ4n) is 0.940. The highest BCUT2D eigenvalue weighted by Gasteiger charge is 2.11. The molecule has 0 atom stereocenters. The second-order valence-electron chi connectivity index (χ2n) is 3.32. The Morgan fingerprint density at radius 1 is 1.29 bits per heavy atom. The molecule has 0 spiro atoms. The summed E-state index contributed by atoms with van der Waals surface area (Å²) >= 11 is 0. The molecule has 0 rings (SSSR count). The molecular weight excluding hydrogens is 250 g/mol. The minimum Gasteiger partial charge on any atom is -0.481 e. The third-order valence-electron chi connectivity index (χ3n) is 1.80. The predicted molar refractivity (Wildman–Crippen MR) is 61.4 cm³/mol. The summed E-state index contributed by atoms with van der Waals surface area (Å²) in [6.45, 7) is 1.66. The number of methoxy groups -OCH3 is 1. The monoisotopic (exact) mass is 269 g/mol. The largest absolute Gasteiger partial charge is 0.481 e. The molecule has 0 aromatic heterocycles. The number of sulfonamides is 1. The van der Waals surface area contributed by atoms with Gasteiger partial charge in [-0.15, -0.1) is 0 Å². The summed E-state index contributed by atoms with van der Waals surface area (Å²) in [4.78, 5) is 10.2. The van der Waals surface area contributed by atoms with E-state index in [9.17, 15) is 13.2 Å². The number of carbonyl (C=O) groups is 1. The molecule has 0 aromatic rings. The summed E-state index contributed by atoms with van der Waals surface area (Å²) in [5.74, 6) is -1.52. The molecule has 0 bridgehead atoms. The Labute approximate surface area is 101 Å². The fourth-order valence-corrected chi connectivity index (χ4v) is 1.98. The van der Waals surface area contributed by atoms with Gasteiger partial charge in [0.15, 0.2) is 0 Å². The van der Waals surface area contributed by atoms with Gasteiger partial charge < -0.3 is 14.6 Å². The van der Waals surface area contributed by atoms with Crippen molar-refractivity contribution in [3.63, 3.8) is 0 Å². The molecule has 0 fully saturated rings. The molecular formula is C9H19NO6S. The Morgan fingerprint density at radius 2 is 2.00 bits per heavy atom. The van der Waals surface area contributed by atoms with Crippen molar-refractivity contribution >= 4 is 16.0 Å². The summed E-state index contributed by atoms with van der Waals surface area (Å²) in [5.41, 5.74) is 0. The van der Waals surface area contributed by atoms with Crippen LogP contribution in [0.1, 0.15) is 12.8 Å². The summed E-state index contributed by atoms with van der Waals surface area (Å²) < 4.78 is 34.7. The van der Waals surface area contributed by atoms with Crippen molar-refractivity contribution in [3.8, 4) is 0 Å². The van der Waals surface area contributed by atoms with Crippen molar-refractivity contribution in [2.45, 2.75) is 12.8 Å². The standard InChI is InChI=1S/C9H19NO6S/c1-15-6-7-16-5-2-4-10-17(13,14)8-3-9(11)12/h10H,2-8H2,1H3,(H,11,12). The van der Waals surface area contributed by atoms with Crippen LogP contribution in [0.3, 0.4) is 0 Å². The highest BCUT2D eigenvalue weighted by Crippen LogP contribution is 1.91. The minimum atomic E-state index is -3.49. The van der Waals surface area contributed by atoms with Crippen molar-refractivity contribution in [1.82, 2.24) is 4.72 Å². The number of hydrogen-bond donors (Lipinski definition) is 2. The number of rotatable bonds is 11. The SMILES string of the molecule is COCCOCCCNS(=O)(=O)CCC(=O)O. The van der Waals surface area contributed by atoms with Gasteiger partial charge in [0, 0.05) is 20.3 Å². The van der Waals surface area contributed by atoms with Crippen LogP contribution in [0.5, 0.6) is 0 Å². The van der Waals surface area contributed by atoms with Gasteiger partial charge in [0.2, 0.25) is 10.0 Å². The first-order chi connectivity index (χ1) is 7.98. The number of carboxylic acid groups (broad SMARTS) is 1. The minimum absolute atomic E-state index is 0.245. The molecule has 0 aliphatic carbocycles. The van der Waals surface area contributed by atoms with E-state index in [1.807, 2.05) is 0 Å². The maximum Gasteiger partial charge on any atom is 0.304 e. The first-order valence-corrected chi connectivity index (χ1v) is 6.89. The number of hydrogen-bond acceptors (Lipinski definition) is 5. The van der Waals surface area contributed by atoms with Crippen LogP contribution in [0.4, 0.5) is 0 Å². The highest BCUT2D eigenvalue weighted by molar-refractivity contribution is 7.89. The summed E-state index contributed by atoms with van der Waals surface area (Å²) in [6.07, 6.45) is 0.148. The lowest BCUT2D eigenvalue weighted by molar-refractivity contribution is -0.136. The summed E-state index contributed by atoms with van der Waals surface area (Å²) in [6, 6.07) is 0. The van der Waals surface area contributed by atoms with E-state index in [-0.39, 0.29) is 13.0 Å². The maximum atomic E-state index is 11.2. The quantitative estimate of drug-likeness (QED) is 0.487. The Morgan fingerprint density at radius 3 is 2.59 bits per heavy atom. The van der Waals surface area contributed by atoms with Crippen LogP contribution >= 0.6 is 0 Å². The van der Waals surface area contributed by atoms with E-state index in [0.717, 1.165) is 0 Å². The lowest BCUT2D eigenvalue weighted by atomic mass is 10.5. The smallest absolute Gasteiger partial charge is 0.304 e. The van der Waals surface area contributed by atoms with E-state index in [4.69, 9.17) is 14.6 Å². The van der Waals surface area contributed by atoms with Crippen LogP contribution < -0.4 is 4.72 Å². The molecule has 0 saturated heterocycles. The topological polar surface area (TPSA) is 102 Å². The Hall–Kier alpha value is -0.700. The summed E-state index contributed by atoms with van der Waals surface area (Å²) in [5, 5.41) is 8.34. The van der Waals surface area contributed by atoms with Crippen molar-refractivity contribution < 1.29 is 27.8 Å². The molecule has 0 aliphatic heterocycles. The van der Waals surface area contributed by atoms with Crippen LogP contribution in [-0.2, 0) is 24.3 Å². The number of carboxylic acids is 1. The third kappa shape index (κ3) is 11.6. The first-order valence-electron chi connectivity index (χ1n) is 5.24. The zero-order chi connectivity index (χ0) is 13.1. The molecule has 0 aliphatic rings. The zero-order valence-electron chi connectivity index (χ0n) is 9.85. The van der Waals surface area contributed by atoms with Crippen LogP contribution in [0.15, 0.2) is 0 Å². The lowest BCUT2D eigenvalue weighted by Crippen LogP contribution is -2.29. The van der Waals surface area contributed by atoms with Crippen molar-refractivity contribution in [2.24, 2.45) is 0 Å². The third-order valence-corrected chi connectivity index (χ3v) is 3.19. The van der Waals surface area contributed by atoms with Gasteiger partial charge in [0.05, 0.1) is 25.4 Å². The average Bonchev–Trinajstić information content (AvgIpc) is 2.25. The predicted octanol–water partition coefficient (Wildman–Crippen LogP) is -0.566. The van der Waals surface area contributed by atoms with Gasteiger partial charge in [0.25, 0.3) is 0 Å². The van der Waals surface area contributed by atoms with Gasteiger partial charge in [-0.05, 0) is 6.42 Å². The first kappa shape index (κ1) is 16.3. The van der Waals surface area contributed by atoms with Crippen LogP contribution in [0.25, 0.3) is 0 Å². The molecule has 17 heavy (non-hydrogen) atoms. The number of aliphatic carboxylic acids is 1. The molecule has 0 radical (unpaired) electrons. The van der Waals surface area contributed by atoms with Gasteiger partial charge in [-0.1, -0.05) is 0 Å². The second kappa shape index (κ2) is 9.34. The van der Waals surface area contributed by atoms with E-state index in [1.54, 1.807) is 7.11 Å². The number of nitrogens with one attached hydrogen (secondary N) is 1. The Balaban J connectivity index is 3.49. The average molecular weight is 269 g/mol. The Bertz CT molecular complexity index is 303. The normalized spacial score (nSPS) is 11.6. The summed E-state index contributed by atoms with van der Waals surface area (Å²) in [7, 11) is -1.92. The van der Waals surface area contributed by atoms with Gasteiger partial charge in [0.1, 0.15) is 0 Å². The molecule has 0 amide bonds. The molecule has 0 saturated carbocycles. The molecule has 2 N–H and O–H groups in total. The molecule has 0 heterocycles. The van der Waals surface area contributed by atoms with Crippen molar-refractivity contribution in [1.29, 1.82) is 0 Å². The number of ether oxygens (including phenoxy) is 2. The Kier molecular flexibility index (Phi) is 8.96. The molecule has 102 valence electrons. The van der Waals surface area contributed by atoms with E-state index in [1.165, 1.54) is 0 Å². The van der Waals surface area contributed by atoms with E-state index < -0.39 is 21.7 Å².